The number of fused-ring (bicyclic) bond motifs is 1. The second kappa shape index (κ2) is 10.2. The largest absolute Gasteiger partial charge is 0.381 e. The second-order valence-corrected chi connectivity index (χ2v) is 8.76. The van der Waals surface area contributed by atoms with Crippen LogP contribution >= 0.6 is 0 Å². The molecule has 3 aromatic carbocycles. The van der Waals surface area contributed by atoms with Gasteiger partial charge in [-0.3, -0.25) is 0 Å². The van der Waals surface area contributed by atoms with Gasteiger partial charge in [0.15, 0.2) is 0 Å². The molecule has 1 aliphatic rings. The van der Waals surface area contributed by atoms with Crippen LogP contribution in [-0.4, -0.2) is 6.04 Å². The van der Waals surface area contributed by atoms with E-state index >= 15 is 0 Å². The quantitative estimate of drug-likeness (QED) is 0.407. The van der Waals surface area contributed by atoms with Crippen molar-refractivity contribution in [3.63, 3.8) is 0 Å². The normalized spacial score (nSPS) is 13.1. The molecule has 0 aromatic heterocycles. The predicted octanol–water partition coefficient (Wildman–Crippen LogP) is 9.17. The molecule has 164 valence electrons. The third-order valence-electron chi connectivity index (χ3n) is 6.33. The zero-order valence-corrected chi connectivity index (χ0v) is 20.3. The summed E-state index contributed by atoms with van der Waals surface area (Å²) >= 11 is 0. The maximum absolute atomic E-state index is 4.48. The van der Waals surface area contributed by atoms with Gasteiger partial charge in [-0.25, -0.2) is 0 Å². The maximum atomic E-state index is 4.48. The monoisotopic (exact) mass is 413 g/mol. The van der Waals surface area contributed by atoms with E-state index in [1.165, 1.54) is 62.7 Å². The van der Waals surface area contributed by atoms with Crippen molar-refractivity contribution in [1.82, 2.24) is 0 Å². The fraction of sp³-hybridized carbons (Fsp3) is 0.400. The lowest BCUT2D eigenvalue weighted by Gasteiger charge is -2.22. The van der Waals surface area contributed by atoms with Gasteiger partial charge in [-0.05, 0) is 73.6 Å². The van der Waals surface area contributed by atoms with E-state index in [0.29, 0.717) is 12.0 Å². The topological polar surface area (TPSA) is 12.0 Å². The standard InChI is InChI=1S/C28H33N.C2H6/c1-6-25(7-2)29-28-26(20(5)21-8-9-21)13-12-22-10-11-23(17-27(22)28)24-15-18(3)14-19(4)16-24;1-2/h10-17,21,25,29H,5-9H2,1-4H3;1-2H3. The Bertz CT molecular complexity index is 1030. The smallest absolute Gasteiger partial charge is 0.0498 e. The number of hydrogen-bond acceptors (Lipinski definition) is 1. The predicted molar refractivity (Wildman–Crippen MR) is 140 cm³/mol. The molecule has 4 rings (SSSR count). The average molecular weight is 414 g/mol. The van der Waals surface area contributed by atoms with E-state index in [1.807, 2.05) is 13.8 Å². The van der Waals surface area contributed by atoms with E-state index in [-0.39, 0.29) is 0 Å². The van der Waals surface area contributed by atoms with E-state index in [2.05, 4.69) is 88.1 Å². The Morgan fingerprint density at radius 2 is 1.52 bits per heavy atom. The molecule has 0 spiro atoms. The van der Waals surface area contributed by atoms with Gasteiger partial charge < -0.3 is 5.32 Å². The van der Waals surface area contributed by atoms with Crippen LogP contribution in [0.4, 0.5) is 5.69 Å². The van der Waals surface area contributed by atoms with Crippen LogP contribution in [0.5, 0.6) is 0 Å². The average Bonchev–Trinajstić information content (AvgIpc) is 3.62. The molecule has 0 saturated heterocycles. The van der Waals surface area contributed by atoms with Crippen molar-refractivity contribution in [2.75, 3.05) is 5.32 Å². The van der Waals surface area contributed by atoms with Crippen LogP contribution in [0.1, 0.15) is 70.1 Å². The first-order chi connectivity index (χ1) is 15.0. The Kier molecular flexibility index (Phi) is 7.59. The number of nitrogens with one attached hydrogen (secondary N) is 1. The van der Waals surface area contributed by atoms with Crippen molar-refractivity contribution in [3.05, 3.63) is 71.8 Å². The zero-order chi connectivity index (χ0) is 22.5. The van der Waals surface area contributed by atoms with E-state index in [1.54, 1.807) is 0 Å². The van der Waals surface area contributed by atoms with E-state index in [0.717, 1.165) is 12.8 Å². The Hall–Kier alpha value is -2.54. The number of hydrogen-bond donors (Lipinski definition) is 1. The molecule has 1 N–H and O–H groups in total. The van der Waals surface area contributed by atoms with Gasteiger partial charge in [-0.1, -0.05) is 87.9 Å². The Balaban J connectivity index is 0.00000132. The van der Waals surface area contributed by atoms with Gasteiger partial charge in [0.1, 0.15) is 0 Å². The summed E-state index contributed by atoms with van der Waals surface area (Å²) in [4.78, 5) is 0. The second-order valence-electron chi connectivity index (χ2n) is 8.76. The van der Waals surface area contributed by atoms with Crippen LogP contribution in [0, 0.1) is 19.8 Å². The molecule has 0 amide bonds. The molecule has 1 saturated carbocycles. The summed E-state index contributed by atoms with van der Waals surface area (Å²) in [6.07, 6.45) is 4.81. The van der Waals surface area contributed by atoms with Crippen molar-refractivity contribution in [2.45, 2.75) is 73.3 Å². The van der Waals surface area contributed by atoms with Gasteiger partial charge in [0.25, 0.3) is 0 Å². The molecule has 1 fully saturated rings. The number of benzene rings is 3. The lowest BCUT2D eigenvalue weighted by atomic mass is 9.93. The summed E-state index contributed by atoms with van der Waals surface area (Å²) in [5, 5.41) is 6.50. The fourth-order valence-corrected chi connectivity index (χ4v) is 4.41. The van der Waals surface area contributed by atoms with E-state index < -0.39 is 0 Å². The van der Waals surface area contributed by atoms with Crippen molar-refractivity contribution < 1.29 is 0 Å². The van der Waals surface area contributed by atoms with Crippen molar-refractivity contribution in [1.29, 1.82) is 0 Å². The van der Waals surface area contributed by atoms with Gasteiger partial charge in [0.2, 0.25) is 0 Å². The van der Waals surface area contributed by atoms with Gasteiger partial charge in [0, 0.05) is 22.7 Å². The highest BCUT2D eigenvalue weighted by molar-refractivity contribution is 6.02. The third kappa shape index (κ3) is 5.21. The van der Waals surface area contributed by atoms with E-state index in [4.69, 9.17) is 0 Å². The van der Waals surface area contributed by atoms with Crippen molar-refractivity contribution in [3.8, 4) is 11.1 Å². The summed E-state index contributed by atoms with van der Waals surface area (Å²) in [5.41, 5.74) is 9.09. The van der Waals surface area contributed by atoms with Gasteiger partial charge in [-0.15, -0.1) is 0 Å². The lowest BCUT2D eigenvalue weighted by molar-refractivity contribution is 0.672. The highest BCUT2D eigenvalue weighted by atomic mass is 14.9. The number of rotatable bonds is 7. The molecule has 1 nitrogen and oxygen atoms in total. The highest BCUT2D eigenvalue weighted by Gasteiger charge is 2.27. The Morgan fingerprint density at radius 1 is 0.903 bits per heavy atom. The van der Waals surface area contributed by atoms with Crippen LogP contribution in [-0.2, 0) is 0 Å². The number of anilines is 1. The molecule has 0 unspecified atom stereocenters. The summed E-state index contributed by atoms with van der Waals surface area (Å²) in [7, 11) is 0. The Morgan fingerprint density at radius 3 is 2.10 bits per heavy atom. The van der Waals surface area contributed by atoms with Gasteiger partial charge >= 0.3 is 0 Å². The summed E-state index contributed by atoms with van der Waals surface area (Å²) in [6, 6.07) is 18.7. The fourth-order valence-electron chi connectivity index (χ4n) is 4.41. The van der Waals surface area contributed by atoms with Crippen molar-refractivity contribution in [2.24, 2.45) is 5.92 Å². The molecule has 1 aliphatic carbocycles. The first kappa shape index (κ1) is 23.1. The number of aryl methyl sites for hydroxylation is 2. The highest BCUT2D eigenvalue weighted by Crippen LogP contribution is 2.45. The summed E-state index contributed by atoms with van der Waals surface area (Å²) in [5.74, 6) is 0.664. The van der Waals surface area contributed by atoms with E-state index in [9.17, 15) is 0 Å². The van der Waals surface area contributed by atoms with Crippen molar-refractivity contribution >= 4 is 22.0 Å². The molecular weight excluding hydrogens is 374 g/mol. The minimum Gasteiger partial charge on any atom is -0.381 e. The molecule has 3 aromatic rings. The molecule has 0 atom stereocenters. The maximum Gasteiger partial charge on any atom is 0.0498 e. The first-order valence-corrected chi connectivity index (χ1v) is 12.1. The van der Waals surface area contributed by atoms with Crippen LogP contribution < -0.4 is 5.32 Å². The minimum absolute atomic E-state index is 0.483. The zero-order valence-electron chi connectivity index (χ0n) is 20.3. The molecule has 1 heteroatoms. The van der Waals surface area contributed by atoms with Gasteiger partial charge in [0.05, 0.1) is 0 Å². The molecular formula is C30H39N. The third-order valence-corrected chi connectivity index (χ3v) is 6.33. The molecule has 0 bridgehead atoms. The summed E-state index contributed by atoms with van der Waals surface area (Å²) < 4.78 is 0. The molecule has 0 radical (unpaired) electrons. The van der Waals surface area contributed by atoms with Gasteiger partial charge in [-0.2, -0.15) is 0 Å². The summed E-state index contributed by atoms with van der Waals surface area (Å²) in [6.45, 7) is 17.4. The molecule has 31 heavy (non-hydrogen) atoms. The molecule has 0 aliphatic heterocycles. The van der Waals surface area contributed by atoms with Crippen LogP contribution in [0.3, 0.4) is 0 Å². The minimum atomic E-state index is 0.483. The lowest BCUT2D eigenvalue weighted by Crippen LogP contribution is -2.18. The van der Waals surface area contributed by atoms with Crippen LogP contribution in [0.2, 0.25) is 0 Å². The van der Waals surface area contributed by atoms with Crippen LogP contribution in [0.15, 0.2) is 55.1 Å². The number of allylic oxidation sites excluding steroid dienone is 1. The Labute approximate surface area is 189 Å². The molecule has 0 heterocycles. The SMILES string of the molecule is C=C(c1ccc2ccc(-c3cc(C)cc(C)c3)cc2c1NC(CC)CC)C1CC1.CC. The van der Waals surface area contributed by atoms with Crippen LogP contribution in [0.25, 0.3) is 27.5 Å². The first-order valence-electron chi connectivity index (χ1n) is 12.1.